The summed E-state index contributed by atoms with van der Waals surface area (Å²) in [5.41, 5.74) is -0.149. The van der Waals surface area contributed by atoms with E-state index in [-0.39, 0.29) is 5.82 Å². The Morgan fingerprint density at radius 1 is 1.50 bits per heavy atom. The zero-order chi connectivity index (χ0) is 14.6. The van der Waals surface area contributed by atoms with Crippen molar-refractivity contribution in [1.82, 2.24) is 9.97 Å². The zero-order valence-electron chi connectivity index (χ0n) is 11.7. The van der Waals surface area contributed by atoms with Crippen LogP contribution in [0.4, 0.5) is 5.82 Å². The van der Waals surface area contributed by atoms with Gasteiger partial charge in [0.1, 0.15) is 5.82 Å². The molecule has 0 aliphatic carbocycles. The van der Waals surface area contributed by atoms with Gasteiger partial charge < -0.3 is 19.9 Å². The number of nitrogens with zero attached hydrogens (tertiary/aromatic N) is 2. The summed E-state index contributed by atoms with van der Waals surface area (Å²) in [4.78, 5) is 19.5. The third kappa shape index (κ3) is 3.64. The van der Waals surface area contributed by atoms with E-state index in [0.29, 0.717) is 44.1 Å². The van der Waals surface area contributed by atoms with Crippen LogP contribution in [0, 0.1) is 6.92 Å². The Kier molecular flexibility index (Phi) is 4.51. The summed E-state index contributed by atoms with van der Waals surface area (Å²) in [6.07, 6.45) is 1.15. The fraction of sp³-hybridized carbons (Fsp3) is 0.615. The van der Waals surface area contributed by atoms with Crippen LogP contribution in [0.2, 0.25) is 0 Å². The number of aryl methyl sites for hydroxylation is 1. The van der Waals surface area contributed by atoms with Crippen molar-refractivity contribution < 1.29 is 19.4 Å². The Hall–Kier alpha value is -1.73. The van der Waals surface area contributed by atoms with Crippen LogP contribution >= 0.6 is 0 Å². The number of aromatic nitrogens is 2. The number of ether oxygens (including phenoxy) is 2. The van der Waals surface area contributed by atoms with Crippen molar-refractivity contribution in [2.45, 2.75) is 25.4 Å². The van der Waals surface area contributed by atoms with Gasteiger partial charge in [-0.15, -0.1) is 0 Å². The number of anilines is 1. The van der Waals surface area contributed by atoms with E-state index in [9.17, 15) is 9.90 Å². The minimum Gasteiger partial charge on any atom is -0.463 e. The van der Waals surface area contributed by atoms with Gasteiger partial charge in [-0.1, -0.05) is 0 Å². The highest BCUT2D eigenvalue weighted by molar-refractivity contribution is 5.85. The molecule has 1 aromatic heterocycles. The molecule has 7 heteroatoms. The van der Waals surface area contributed by atoms with Crippen LogP contribution in [0.15, 0.2) is 6.07 Å². The van der Waals surface area contributed by atoms with E-state index in [1.165, 1.54) is 7.11 Å². The third-order valence-corrected chi connectivity index (χ3v) is 3.24. The molecule has 0 amide bonds. The number of esters is 1. The number of rotatable bonds is 4. The molecule has 1 aromatic rings. The van der Waals surface area contributed by atoms with Crippen LogP contribution < -0.4 is 5.32 Å². The van der Waals surface area contributed by atoms with Gasteiger partial charge in [0, 0.05) is 44.4 Å². The van der Waals surface area contributed by atoms with E-state index < -0.39 is 11.6 Å². The average Bonchev–Trinajstić information content (AvgIpc) is 2.45. The highest BCUT2D eigenvalue weighted by Gasteiger charge is 2.29. The van der Waals surface area contributed by atoms with Crippen LogP contribution in [0.1, 0.15) is 29.2 Å². The first kappa shape index (κ1) is 14.7. The maximum absolute atomic E-state index is 11.4. The minimum absolute atomic E-state index is 0.00830. The summed E-state index contributed by atoms with van der Waals surface area (Å²) in [6.45, 7) is 3.22. The van der Waals surface area contributed by atoms with Crippen molar-refractivity contribution in [2.24, 2.45) is 0 Å². The Morgan fingerprint density at radius 2 is 2.20 bits per heavy atom. The summed E-state index contributed by atoms with van der Waals surface area (Å²) in [5, 5.41) is 13.4. The van der Waals surface area contributed by atoms with Crippen molar-refractivity contribution >= 4 is 11.8 Å². The maximum Gasteiger partial charge on any atom is 0.376 e. The molecule has 20 heavy (non-hydrogen) atoms. The van der Waals surface area contributed by atoms with Crippen molar-refractivity contribution in [3.8, 4) is 0 Å². The van der Waals surface area contributed by atoms with Gasteiger partial charge in [0.15, 0.2) is 0 Å². The molecular weight excluding hydrogens is 262 g/mol. The van der Waals surface area contributed by atoms with Crippen molar-refractivity contribution in [2.75, 3.05) is 32.2 Å². The van der Waals surface area contributed by atoms with Crippen molar-refractivity contribution in [3.05, 3.63) is 17.6 Å². The van der Waals surface area contributed by atoms with Gasteiger partial charge in [-0.3, -0.25) is 0 Å². The maximum atomic E-state index is 11.4. The summed E-state index contributed by atoms with van der Waals surface area (Å²) in [6, 6.07) is 1.72. The Bertz CT molecular complexity index is 487. The number of hydrogen-bond acceptors (Lipinski definition) is 7. The number of nitrogens with one attached hydrogen (secondary N) is 1. The number of methoxy groups -OCH3 is 1. The first-order valence-electron chi connectivity index (χ1n) is 6.50. The molecule has 0 saturated carbocycles. The first-order chi connectivity index (χ1) is 9.52. The van der Waals surface area contributed by atoms with Crippen molar-refractivity contribution in [3.63, 3.8) is 0 Å². The second-order valence-electron chi connectivity index (χ2n) is 4.90. The van der Waals surface area contributed by atoms with Crippen LogP contribution in [0.5, 0.6) is 0 Å². The summed E-state index contributed by atoms with van der Waals surface area (Å²) < 4.78 is 9.83. The normalized spacial score (nSPS) is 17.6. The fourth-order valence-electron chi connectivity index (χ4n) is 2.02. The molecule has 2 N–H and O–H groups in total. The van der Waals surface area contributed by atoms with Crippen molar-refractivity contribution in [1.29, 1.82) is 0 Å². The van der Waals surface area contributed by atoms with Gasteiger partial charge in [-0.2, -0.15) is 0 Å². The highest BCUT2D eigenvalue weighted by Crippen LogP contribution is 2.21. The molecule has 0 bridgehead atoms. The van der Waals surface area contributed by atoms with Gasteiger partial charge in [0.05, 0.1) is 12.7 Å². The fourth-order valence-corrected chi connectivity index (χ4v) is 2.02. The van der Waals surface area contributed by atoms with Crippen LogP contribution in [0.25, 0.3) is 0 Å². The van der Waals surface area contributed by atoms with E-state index in [2.05, 4.69) is 20.0 Å². The number of carbonyl (C=O) groups is 1. The molecule has 2 heterocycles. The Labute approximate surface area is 117 Å². The Balaban J connectivity index is 2.05. The molecule has 1 fully saturated rings. The molecule has 110 valence electrons. The minimum atomic E-state index is -0.803. The first-order valence-corrected chi connectivity index (χ1v) is 6.50. The van der Waals surface area contributed by atoms with E-state index in [4.69, 9.17) is 4.74 Å². The lowest BCUT2D eigenvalue weighted by atomic mass is 9.94. The molecule has 0 spiro atoms. The standard InChI is InChI=1S/C13H19N3O4/c1-9-7-10(16-11(15-9)12(17)19-2)14-8-13(18)3-5-20-6-4-13/h7,18H,3-6,8H2,1-2H3,(H,14,15,16). The second kappa shape index (κ2) is 6.15. The Morgan fingerprint density at radius 3 is 2.85 bits per heavy atom. The molecule has 1 aliphatic heterocycles. The predicted octanol–water partition coefficient (Wildman–Crippen LogP) is 0.525. The smallest absolute Gasteiger partial charge is 0.376 e. The molecular formula is C13H19N3O4. The summed E-state index contributed by atoms with van der Waals surface area (Å²) in [7, 11) is 1.28. The number of aliphatic hydroxyl groups is 1. The zero-order valence-corrected chi connectivity index (χ0v) is 11.7. The SMILES string of the molecule is COC(=O)c1nc(C)cc(NCC2(O)CCOCC2)n1. The molecule has 1 saturated heterocycles. The average molecular weight is 281 g/mol. The topological polar surface area (TPSA) is 93.6 Å². The van der Waals surface area contributed by atoms with Gasteiger partial charge in [-0.05, 0) is 6.92 Å². The molecule has 2 rings (SSSR count). The molecule has 0 radical (unpaired) electrons. The number of carbonyl (C=O) groups excluding carboxylic acids is 1. The second-order valence-corrected chi connectivity index (χ2v) is 4.90. The van der Waals surface area contributed by atoms with E-state index in [1.807, 2.05) is 0 Å². The summed E-state index contributed by atoms with van der Waals surface area (Å²) >= 11 is 0. The molecule has 7 nitrogen and oxygen atoms in total. The lowest BCUT2D eigenvalue weighted by Gasteiger charge is -2.32. The quantitative estimate of drug-likeness (QED) is 0.777. The molecule has 0 unspecified atom stereocenters. The number of hydrogen-bond donors (Lipinski definition) is 2. The predicted molar refractivity (Wildman–Crippen MR) is 71.6 cm³/mol. The highest BCUT2D eigenvalue weighted by atomic mass is 16.5. The van der Waals surface area contributed by atoms with Gasteiger partial charge in [0.25, 0.3) is 0 Å². The van der Waals surface area contributed by atoms with Gasteiger partial charge in [-0.25, -0.2) is 14.8 Å². The van der Waals surface area contributed by atoms with Crippen LogP contribution in [0.3, 0.4) is 0 Å². The summed E-state index contributed by atoms with van der Waals surface area (Å²) in [5.74, 6) is -0.0756. The van der Waals surface area contributed by atoms with E-state index in [1.54, 1.807) is 13.0 Å². The van der Waals surface area contributed by atoms with E-state index >= 15 is 0 Å². The molecule has 1 aliphatic rings. The lowest BCUT2D eigenvalue weighted by molar-refractivity contribution is -0.0543. The van der Waals surface area contributed by atoms with Crippen LogP contribution in [-0.4, -0.2) is 53.5 Å². The monoisotopic (exact) mass is 281 g/mol. The van der Waals surface area contributed by atoms with Crippen LogP contribution in [-0.2, 0) is 9.47 Å². The third-order valence-electron chi connectivity index (χ3n) is 3.24. The molecule has 0 aromatic carbocycles. The van der Waals surface area contributed by atoms with Gasteiger partial charge in [0.2, 0.25) is 5.82 Å². The molecule has 0 atom stereocenters. The lowest BCUT2D eigenvalue weighted by Crippen LogP contribution is -2.42. The van der Waals surface area contributed by atoms with E-state index in [0.717, 1.165) is 0 Å². The largest absolute Gasteiger partial charge is 0.463 e. The van der Waals surface area contributed by atoms with Gasteiger partial charge >= 0.3 is 5.97 Å².